The van der Waals surface area contributed by atoms with Gasteiger partial charge < -0.3 is 15.4 Å². The number of aromatic nitrogens is 2. The molecule has 1 saturated heterocycles. The van der Waals surface area contributed by atoms with Gasteiger partial charge in [-0.1, -0.05) is 6.07 Å². The minimum Gasteiger partial charge on any atom is -0.490 e. The first kappa shape index (κ1) is 18.9. The number of carbonyl (C=O) groups excluding carboxylic acids is 1. The highest BCUT2D eigenvalue weighted by Gasteiger charge is 2.35. The molecule has 3 atom stereocenters. The minimum atomic E-state index is -0.380. The smallest absolute Gasteiger partial charge is 0.225 e. The minimum absolute atomic E-state index is 0.0270. The summed E-state index contributed by atoms with van der Waals surface area (Å²) in [5, 5.41) is 10.5. The third kappa shape index (κ3) is 4.19. The van der Waals surface area contributed by atoms with Gasteiger partial charge in [0.15, 0.2) is 11.6 Å². The number of aryl methyl sites for hydroxylation is 1. The molecule has 2 N–H and O–H groups in total. The summed E-state index contributed by atoms with van der Waals surface area (Å²) in [5.74, 6) is 0.375. The van der Waals surface area contributed by atoms with Crippen molar-refractivity contribution >= 4 is 5.91 Å². The Morgan fingerprint density at radius 3 is 2.93 bits per heavy atom. The first-order valence-corrected chi connectivity index (χ1v) is 9.93. The van der Waals surface area contributed by atoms with E-state index in [0.717, 1.165) is 17.7 Å². The van der Waals surface area contributed by atoms with E-state index in [1.54, 1.807) is 10.7 Å². The molecule has 1 aliphatic heterocycles. The van der Waals surface area contributed by atoms with Crippen LogP contribution < -0.4 is 15.4 Å². The van der Waals surface area contributed by atoms with E-state index >= 15 is 0 Å². The average Bonchev–Trinajstić information content (AvgIpc) is 3.18. The third-order valence-corrected chi connectivity index (χ3v) is 5.69. The summed E-state index contributed by atoms with van der Waals surface area (Å²) < 4.78 is 21.6. The Morgan fingerprint density at radius 1 is 1.43 bits per heavy atom. The fourth-order valence-corrected chi connectivity index (χ4v) is 3.74. The number of nitrogens with one attached hydrogen (secondary N) is 2. The quantitative estimate of drug-likeness (QED) is 0.767. The largest absolute Gasteiger partial charge is 0.490 e. The van der Waals surface area contributed by atoms with Crippen molar-refractivity contribution < 1.29 is 13.9 Å². The predicted molar refractivity (Wildman–Crippen MR) is 103 cm³/mol. The highest BCUT2D eigenvalue weighted by Crippen LogP contribution is 2.31. The van der Waals surface area contributed by atoms with Crippen LogP contribution in [0.15, 0.2) is 30.6 Å². The molecule has 1 saturated carbocycles. The summed E-state index contributed by atoms with van der Waals surface area (Å²) in [6.45, 7) is 3.83. The molecular weight excluding hydrogens is 359 g/mol. The molecular formula is C21H27FN4O2. The topological polar surface area (TPSA) is 68.2 Å². The number of ether oxygens (including phenoxy) is 1. The van der Waals surface area contributed by atoms with Crippen LogP contribution in [0.4, 0.5) is 4.39 Å². The molecule has 6 nitrogen and oxygen atoms in total. The van der Waals surface area contributed by atoms with Crippen LogP contribution >= 0.6 is 0 Å². The fourth-order valence-electron chi connectivity index (χ4n) is 3.74. The van der Waals surface area contributed by atoms with Crippen molar-refractivity contribution in [3.05, 3.63) is 47.5 Å². The Hall–Kier alpha value is -2.41. The van der Waals surface area contributed by atoms with Crippen LogP contribution in [0.2, 0.25) is 0 Å². The van der Waals surface area contributed by atoms with Crippen molar-refractivity contribution in [1.29, 1.82) is 0 Å². The summed E-state index contributed by atoms with van der Waals surface area (Å²) in [5.41, 5.74) is 1.79. The van der Waals surface area contributed by atoms with E-state index in [0.29, 0.717) is 19.1 Å². The molecule has 1 aromatic carbocycles. The first-order valence-electron chi connectivity index (χ1n) is 9.93. The number of amides is 1. The van der Waals surface area contributed by atoms with Gasteiger partial charge in [-0.25, -0.2) is 4.39 Å². The van der Waals surface area contributed by atoms with E-state index in [9.17, 15) is 9.18 Å². The number of benzene rings is 1. The molecule has 28 heavy (non-hydrogen) atoms. The molecule has 4 rings (SSSR count). The Morgan fingerprint density at radius 2 is 2.25 bits per heavy atom. The molecule has 2 heterocycles. The Bertz CT molecular complexity index is 849. The number of carbonyl (C=O) groups is 1. The zero-order valence-electron chi connectivity index (χ0n) is 16.3. The SMILES string of the molecule is CC(NC(=O)[C@H]1CNC[C@@H]1c1cnn(C)c1)c1ccc(OCC2CC2)c(F)c1. The molecule has 2 aromatic rings. The van der Waals surface area contributed by atoms with Gasteiger partial charge in [0.25, 0.3) is 0 Å². The van der Waals surface area contributed by atoms with Crippen molar-refractivity contribution in [3.63, 3.8) is 0 Å². The van der Waals surface area contributed by atoms with Gasteiger partial charge in [0.1, 0.15) is 0 Å². The monoisotopic (exact) mass is 386 g/mol. The van der Waals surface area contributed by atoms with Crippen molar-refractivity contribution in [3.8, 4) is 5.75 Å². The van der Waals surface area contributed by atoms with Gasteiger partial charge in [0.2, 0.25) is 5.91 Å². The van der Waals surface area contributed by atoms with Gasteiger partial charge in [-0.2, -0.15) is 5.10 Å². The van der Waals surface area contributed by atoms with Gasteiger partial charge in [-0.15, -0.1) is 0 Å². The van der Waals surface area contributed by atoms with Crippen molar-refractivity contribution in [2.75, 3.05) is 19.7 Å². The molecule has 7 heteroatoms. The van der Waals surface area contributed by atoms with Gasteiger partial charge in [-0.3, -0.25) is 9.48 Å². The maximum atomic E-state index is 14.3. The van der Waals surface area contributed by atoms with E-state index < -0.39 is 0 Å². The molecule has 1 unspecified atom stereocenters. The zero-order chi connectivity index (χ0) is 19.7. The lowest BCUT2D eigenvalue weighted by molar-refractivity contribution is -0.125. The third-order valence-electron chi connectivity index (χ3n) is 5.69. The molecule has 1 aromatic heterocycles. The van der Waals surface area contributed by atoms with E-state index in [1.165, 1.54) is 18.9 Å². The van der Waals surface area contributed by atoms with Crippen LogP contribution in [-0.4, -0.2) is 35.4 Å². The second kappa shape index (κ2) is 7.91. The molecule has 0 radical (unpaired) electrons. The second-order valence-electron chi connectivity index (χ2n) is 7.99. The summed E-state index contributed by atoms with van der Waals surface area (Å²) in [4.78, 5) is 12.9. The Balaban J connectivity index is 1.38. The molecule has 150 valence electrons. The summed E-state index contributed by atoms with van der Waals surface area (Å²) in [6.07, 6.45) is 6.10. The van der Waals surface area contributed by atoms with Crippen molar-refractivity contribution in [2.45, 2.75) is 31.7 Å². The number of halogens is 1. The van der Waals surface area contributed by atoms with Crippen LogP contribution in [0.1, 0.15) is 42.9 Å². The highest BCUT2D eigenvalue weighted by atomic mass is 19.1. The Kier molecular flexibility index (Phi) is 5.35. The van der Waals surface area contributed by atoms with Gasteiger partial charge in [0, 0.05) is 32.3 Å². The molecule has 0 bridgehead atoms. The van der Waals surface area contributed by atoms with E-state index in [1.807, 2.05) is 32.4 Å². The Labute approximate surface area is 164 Å². The van der Waals surface area contributed by atoms with E-state index in [2.05, 4.69) is 15.7 Å². The lowest BCUT2D eigenvalue weighted by atomic mass is 9.90. The molecule has 1 amide bonds. The lowest BCUT2D eigenvalue weighted by Gasteiger charge is -2.21. The molecule has 2 aliphatic rings. The number of rotatable bonds is 7. The maximum Gasteiger partial charge on any atom is 0.225 e. The first-order chi connectivity index (χ1) is 13.5. The maximum absolute atomic E-state index is 14.3. The molecule has 1 aliphatic carbocycles. The van der Waals surface area contributed by atoms with Crippen molar-refractivity contribution in [2.24, 2.45) is 18.9 Å². The fraction of sp³-hybridized carbons (Fsp3) is 0.524. The molecule has 0 spiro atoms. The second-order valence-corrected chi connectivity index (χ2v) is 7.99. The molecule has 2 fully saturated rings. The standard InChI is InChI=1S/C21H27FN4O2/c1-13(15-5-6-20(19(22)7-15)28-12-14-3-4-14)25-21(27)18-10-23-9-17(18)16-8-24-26(2)11-16/h5-8,11,13-14,17-18,23H,3-4,9-10,12H2,1-2H3,(H,25,27)/t13?,17-,18+/m1/s1. The predicted octanol–water partition coefficient (Wildman–Crippen LogP) is 2.53. The number of hydrogen-bond donors (Lipinski definition) is 2. The number of hydrogen-bond acceptors (Lipinski definition) is 4. The lowest BCUT2D eigenvalue weighted by Crippen LogP contribution is -2.36. The van der Waals surface area contributed by atoms with Crippen molar-refractivity contribution in [1.82, 2.24) is 20.4 Å². The van der Waals surface area contributed by atoms with Gasteiger partial charge >= 0.3 is 0 Å². The summed E-state index contributed by atoms with van der Waals surface area (Å²) >= 11 is 0. The van der Waals surface area contributed by atoms with Crippen LogP contribution in [0.3, 0.4) is 0 Å². The van der Waals surface area contributed by atoms with Gasteiger partial charge in [0.05, 0.1) is 24.8 Å². The van der Waals surface area contributed by atoms with Crippen LogP contribution in [0.5, 0.6) is 5.75 Å². The normalized spacial score (nSPS) is 22.8. The van der Waals surface area contributed by atoms with E-state index in [-0.39, 0.29) is 35.4 Å². The zero-order valence-corrected chi connectivity index (χ0v) is 16.3. The average molecular weight is 386 g/mol. The van der Waals surface area contributed by atoms with Gasteiger partial charge in [-0.05, 0) is 48.9 Å². The van der Waals surface area contributed by atoms with Crippen LogP contribution in [0.25, 0.3) is 0 Å². The van der Waals surface area contributed by atoms with E-state index in [4.69, 9.17) is 4.74 Å². The highest BCUT2D eigenvalue weighted by molar-refractivity contribution is 5.81. The summed E-state index contributed by atoms with van der Waals surface area (Å²) in [6, 6.07) is 4.65. The van der Waals surface area contributed by atoms with Crippen LogP contribution in [-0.2, 0) is 11.8 Å². The van der Waals surface area contributed by atoms with Crippen LogP contribution in [0, 0.1) is 17.7 Å². The number of nitrogens with zero attached hydrogens (tertiary/aromatic N) is 2. The summed E-state index contributed by atoms with van der Waals surface area (Å²) in [7, 11) is 1.87.